The molecule has 1 N–H and O–H groups in total. The van der Waals surface area contributed by atoms with Gasteiger partial charge in [0.2, 0.25) is 0 Å². The number of amides is 1. The minimum atomic E-state index is -5.04. The van der Waals surface area contributed by atoms with Crippen molar-refractivity contribution in [3.63, 3.8) is 0 Å². The fourth-order valence-electron chi connectivity index (χ4n) is 4.29. The van der Waals surface area contributed by atoms with Gasteiger partial charge in [-0.1, -0.05) is 30.3 Å². The third-order valence-electron chi connectivity index (χ3n) is 5.83. The summed E-state index contributed by atoms with van der Waals surface area (Å²) < 4.78 is 87.0. The molecular formula is C24H25F5N2O4S. The van der Waals surface area contributed by atoms with Gasteiger partial charge in [0.15, 0.2) is 16.6 Å². The molecule has 1 heterocycles. The lowest BCUT2D eigenvalue weighted by Crippen LogP contribution is -2.54. The van der Waals surface area contributed by atoms with Gasteiger partial charge in [0.05, 0.1) is 6.04 Å². The number of alkyl halides is 3. The molecule has 6 nitrogen and oxygen atoms in total. The highest BCUT2D eigenvalue weighted by molar-refractivity contribution is 7.83. The van der Waals surface area contributed by atoms with Crippen LogP contribution in [0.15, 0.2) is 42.5 Å². The SMILES string of the molecule is CC(=O)OC(C)(C)C(=O)N1CCC(NS(=O)C(F)(F)F)C1Cc1cccc(-c2cccc(F)c2)c1F. The fourth-order valence-corrected chi connectivity index (χ4v) is 4.97. The van der Waals surface area contributed by atoms with Crippen molar-refractivity contribution in [2.75, 3.05) is 6.54 Å². The summed E-state index contributed by atoms with van der Waals surface area (Å²) in [5, 5.41) is 0. The van der Waals surface area contributed by atoms with E-state index in [-0.39, 0.29) is 36.1 Å². The number of nitrogens with one attached hydrogen (secondary N) is 1. The van der Waals surface area contributed by atoms with Crippen LogP contribution < -0.4 is 4.72 Å². The first kappa shape index (κ1) is 27.7. The Balaban J connectivity index is 1.97. The Hall–Kier alpha value is -2.86. The average Bonchev–Trinajstić information content (AvgIpc) is 3.15. The maximum Gasteiger partial charge on any atom is 0.485 e. The van der Waals surface area contributed by atoms with Crippen molar-refractivity contribution >= 4 is 22.9 Å². The van der Waals surface area contributed by atoms with Crippen LogP contribution in [0.1, 0.15) is 32.8 Å². The standard InChI is InChI=1S/C24H25F5N2O4S/c1-14(32)35-23(2,3)22(33)31-11-10-19(30-36(34)24(27,28)29)20(31)13-16-7-5-9-18(21(16)26)15-6-4-8-17(25)12-15/h4-9,12,19-20,30H,10-11,13H2,1-3H3. The lowest BCUT2D eigenvalue weighted by Gasteiger charge is -2.34. The first-order valence-electron chi connectivity index (χ1n) is 11.0. The van der Waals surface area contributed by atoms with Crippen molar-refractivity contribution in [2.24, 2.45) is 0 Å². The molecule has 1 aliphatic rings. The Morgan fingerprint density at radius 1 is 1.14 bits per heavy atom. The maximum absolute atomic E-state index is 15.5. The van der Waals surface area contributed by atoms with E-state index in [1.165, 1.54) is 55.1 Å². The van der Waals surface area contributed by atoms with Crippen molar-refractivity contribution in [1.82, 2.24) is 9.62 Å². The van der Waals surface area contributed by atoms with Gasteiger partial charge in [-0.15, -0.1) is 0 Å². The van der Waals surface area contributed by atoms with Gasteiger partial charge >= 0.3 is 11.5 Å². The zero-order chi connectivity index (χ0) is 26.8. The second-order valence-electron chi connectivity index (χ2n) is 8.89. The van der Waals surface area contributed by atoms with Crippen LogP contribution in [0.25, 0.3) is 11.1 Å². The second kappa shape index (κ2) is 10.6. The van der Waals surface area contributed by atoms with E-state index in [2.05, 4.69) is 0 Å². The Morgan fingerprint density at radius 3 is 2.42 bits per heavy atom. The van der Waals surface area contributed by atoms with Crippen molar-refractivity contribution in [3.05, 3.63) is 59.7 Å². The molecule has 1 amide bonds. The number of carbonyl (C=O) groups is 2. The van der Waals surface area contributed by atoms with E-state index < -0.39 is 57.7 Å². The number of esters is 1. The van der Waals surface area contributed by atoms with Crippen molar-refractivity contribution in [1.29, 1.82) is 0 Å². The number of carbonyl (C=O) groups excluding carboxylic acids is 2. The number of ether oxygens (including phenoxy) is 1. The lowest BCUT2D eigenvalue weighted by molar-refractivity contribution is -0.169. The van der Waals surface area contributed by atoms with Gasteiger partial charge < -0.3 is 9.64 Å². The van der Waals surface area contributed by atoms with Crippen LogP contribution in [-0.2, 0) is 31.7 Å². The summed E-state index contributed by atoms with van der Waals surface area (Å²) in [6.45, 7) is 3.76. The number of benzene rings is 2. The summed E-state index contributed by atoms with van der Waals surface area (Å²) in [4.78, 5) is 25.9. The molecule has 1 fully saturated rings. The van der Waals surface area contributed by atoms with E-state index in [0.717, 1.165) is 13.0 Å². The van der Waals surface area contributed by atoms with Gasteiger partial charge in [-0.05, 0) is 49.9 Å². The average molecular weight is 533 g/mol. The van der Waals surface area contributed by atoms with Crippen LogP contribution >= 0.6 is 0 Å². The van der Waals surface area contributed by atoms with Gasteiger partial charge in [-0.25, -0.2) is 17.7 Å². The highest BCUT2D eigenvalue weighted by Gasteiger charge is 2.47. The molecule has 12 heteroatoms. The number of halogens is 5. The summed E-state index contributed by atoms with van der Waals surface area (Å²) in [5.74, 6) is -2.72. The van der Waals surface area contributed by atoms with Crippen LogP contribution in [0, 0.1) is 11.6 Å². The smallest absolute Gasteiger partial charge is 0.450 e. The summed E-state index contributed by atoms with van der Waals surface area (Å²) in [7, 11) is -3.42. The predicted molar refractivity (Wildman–Crippen MR) is 123 cm³/mol. The molecule has 3 atom stereocenters. The van der Waals surface area contributed by atoms with Crippen LogP contribution in [0.5, 0.6) is 0 Å². The van der Waals surface area contributed by atoms with Gasteiger partial charge in [-0.2, -0.15) is 13.2 Å². The largest absolute Gasteiger partial charge is 0.485 e. The van der Waals surface area contributed by atoms with Gasteiger partial charge in [0.1, 0.15) is 11.6 Å². The van der Waals surface area contributed by atoms with Gasteiger partial charge in [-0.3, -0.25) is 9.59 Å². The quantitative estimate of drug-likeness (QED) is 0.427. The highest BCUT2D eigenvalue weighted by atomic mass is 32.2. The molecule has 2 aromatic carbocycles. The highest BCUT2D eigenvalue weighted by Crippen LogP contribution is 2.31. The zero-order valence-corrected chi connectivity index (χ0v) is 20.5. The normalized spacial score (nSPS) is 19.3. The van der Waals surface area contributed by atoms with Crippen LogP contribution in [0.2, 0.25) is 0 Å². The van der Waals surface area contributed by atoms with E-state index >= 15 is 4.39 Å². The molecule has 0 saturated carbocycles. The molecule has 3 rings (SSSR count). The summed E-state index contributed by atoms with van der Waals surface area (Å²) in [6, 6.07) is 7.49. The number of rotatable bonds is 7. The van der Waals surface area contributed by atoms with E-state index in [1.807, 2.05) is 4.72 Å². The van der Waals surface area contributed by atoms with Gasteiger partial charge in [0.25, 0.3) is 5.91 Å². The van der Waals surface area contributed by atoms with E-state index in [4.69, 9.17) is 4.74 Å². The third kappa shape index (κ3) is 6.28. The molecular weight excluding hydrogens is 507 g/mol. The number of likely N-dealkylation sites (tertiary alicyclic amines) is 1. The van der Waals surface area contributed by atoms with Crippen molar-refractivity contribution in [3.8, 4) is 11.1 Å². The van der Waals surface area contributed by atoms with Gasteiger partial charge in [0, 0.05) is 25.1 Å². The molecule has 0 aliphatic carbocycles. The molecule has 3 unspecified atom stereocenters. The Labute approximate surface area is 207 Å². The maximum atomic E-state index is 15.5. The Kier molecular flexibility index (Phi) is 8.19. The molecule has 1 aliphatic heterocycles. The monoisotopic (exact) mass is 532 g/mol. The molecule has 2 aromatic rings. The Morgan fingerprint density at radius 2 is 1.81 bits per heavy atom. The predicted octanol–water partition coefficient (Wildman–Crippen LogP) is 4.26. The van der Waals surface area contributed by atoms with Crippen molar-refractivity contribution < 1.29 is 40.5 Å². The third-order valence-corrected chi connectivity index (χ3v) is 6.77. The van der Waals surface area contributed by atoms with E-state index in [1.54, 1.807) is 0 Å². The van der Waals surface area contributed by atoms with Crippen LogP contribution in [-0.4, -0.2) is 50.7 Å². The summed E-state index contributed by atoms with van der Waals surface area (Å²) >= 11 is 0. The van der Waals surface area contributed by atoms with E-state index in [0.29, 0.717) is 0 Å². The first-order chi connectivity index (χ1) is 16.7. The second-order valence-corrected chi connectivity index (χ2v) is 10.1. The first-order valence-corrected chi connectivity index (χ1v) is 12.1. The number of nitrogens with zero attached hydrogens (tertiary/aromatic N) is 1. The summed E-state index contributed by atoms with van der Waals surface area (Å²) in [6.07, 6.45) is -0.233. The van der Waals surface area contributed by atoms with Crippen LogP contribution in [0.3, 0.4) is 0 Å². The topological polar surface area (TPSA) is 75.7 Å². The molecule has 1 saturated heterocycles. The molecule has 36 heavy (non-hydrogen) atoms. The molecule has 0 spiro atoms. The molecule has 0 aromatic heterocycles. The molecule has 0 radical (unpaired) electrons. The lowest BCUT2D eigenvalue weighted by atomic mass is 9.95. The van der Waals surface area contributed by atoms with E-state index in [9.17, 15) is 31.4 Å². The van der Waals surface area contributed by atoms with Crippen molar-refractivity contribution in [2.45, 2.75) is 56.8 Å². The minimum absolute atomic E-state index is 0.000412. The Bertz CT molecular complexity index is 1170. The fraction of sp³-hybridized carbons (Fsp3) is 0.417. The number of hydrogen-bond acceptors (Lipinski definition) is 4. The minimum Gasteiger partial charge on any atom is -0.450 e. The molecule has 196 valence electrons. The number of hydrogen-bond donors (Lipinski definition) is 1. The zero-order valence-electron chi connectivity index (χ0n) is 19.7. The van der Waals surface area contributed by atoms with Crippen LogP contribution in [0.4, 0.5) is 22.0 Å². The molecule has 0 bridgehead atoms. The summed E-state index contributed by atoms with van der Waals surface area (Å²) in [5.41, 5.74) is -6.27.